The normalized spacial score (nSPS) is 13.6. The summed E-state index contributed by atoms with van der Waals surface area (Å²) < 4.78 is 62.0. The fourth-order valence-electron chi connectivity index (χ4n) is 18.6. The molecule has 0 amide bonds. The molecule has 3 aromatic carbocycles. The Hall–Kier alpha value is -1.88. The summed E-state index contributed by atoms with van der Waals surface area (Å²) in [6, 6.07) is 4.52. The van der Waals surface area contributed by atoms with Crippen molar-refractivity contribution >= 4 is 77.4 Å². The minimum atomic E-state index is -0.723. The minimum absolute atomic E-state index is 0.197. The molecular weight excluding hydrogens is 1420 g/mol. The Morgan fingerprint density at radius 1 is 0.245 bits per heavy atom. The number of hydrogen-bond acceptors (Lipinski definition) is 6. The topological polar surface area (TPSA) is 51.6 Å². The van der Waals surface area contributed by atoms with E-state index in [2.05, 4.69) is 71.7 Å². The van der Waals surface area contributed by atoms with E-state index in [-0.39, 0.29) is 11.6 Å². The quantitative estimate of drug-likeness (QED) is 0.0364. The van der Waals surface area contributed by atoms with E-state index in [9.17, 15) is 0 Å². The Labute approximate surface area is 651 Å². The van der Waals surface area contributed by atoms with Gasteiger partial charge in [-0.2, -0.15) is 17.5 Å². The zero-order chi connectivity index (χ0) is 72.0. The van der Waals surface area contributed by atoms with E-state index in [0.717, 1.165) is 130 Å². The molecule has 0 fully saturated rings. The van der Waals surface area contributed by atoms with Crippen LogP contribution in [0, 0.1) is 11.6 Å². The Bertz CT molecular complexity index is 2720. The first-order valence-electron chi connectivity index (χ1n) is 44.8. The molecule has 0 unspecified atom stereocenters. The fourth-order valence-corrected chi connectivity index (χ4v) is 21.0. The second kappa shape index (κ2) is 53.1. The van der Waals surface area contributed by atoms with E-state index in [1.165, 1.54) is 383 Å². The predicted molar refractivity (Wildman–Crippen MR) is 453 cm³/mol. The molecule has 10 heteroatoms. The highest BCUT2D eigenvalue weighted by atomic mass is 79.9. The van der Waals surface area contributed by atoms with Crippen LogP contribution in [0.3, 0.4) is 0 Å². The molecule has 102 heavy (non-hydrogen) atoms. The molecule has 0 radical (unpaired) electrons. The van der Waals surface area contributed by atoms with Crippen LogP contribution in [-0.2, 0) is 10.8 Å². The van der Waals surface area contributed by atoms with Crippen LogP contribution in [0.4, 0.5) is 8.78 Å². The van der Waals surface area contributed by atoms with Crippen LogP contribution in [0.5, 0.6) is 0 Å². The molecule has 5 aromatic rings. The van der Waals surface area contributed by atoms with Crippen molar-refractivity contribution in [2.24, 2.45) is 0 Å². The van der Waals surface area contributed by atoms with Gasteiger partial charge in [0.2, 0.25) is 0 Å². The molecule has 2 heterocycles. The van der Waals surface area contributed by atoms with Crippen molar-refractivity contribution in [2.45, 2.75) is 475 Å². The summed E-state index contributed by atoms with van der Waals surface area (Å²) in [5.74, 6) is -0.395. The predicted octanol–water partition coefficient (Wildman–Crippen LogP) is 34.6. The number of benzene rings is 3. The summed E-state index contributed by atoms with van der Waals surface area (Å²) in [6.07, 6.45) is 86.9. The molecule has 2 aliphatic rings. The van der Waals surface area contributed by atoms with Crippen LogP contribution >= 0.6 is 55.3 Å². The lowest BCUT2D eigenvalue weighted by Gasteiger charge is -2.35. The maximum Gasteiger partial charge on any atom is 0.136 e. The lowest BCUT2D eigenvalue weighted by molar-refractivity contribution is 0.374. The van der Waals surface area contributed by atoms with Gasteiger partial charge < -0.3 is 0 Å². The first kappa shape index (κ1) is 87.3. The molecule has 0 saturated heterocycles. The van der Waals surface area contributed by atoms with E-state index >= 15 is 8.78 Å². The number of aromatic nitrogens is 4. The van der Waals surface area contributed by atoms with Crippen molar-refractivity contribution in [3.05, 3.63) is 55.0 Å². The van der Waals surface area contributed by atoms with E-state index in [0.29, 0.717) is 22.3 Å². The molecule has 0 N–H and O–H groups in total. The zero-order valence-corrected chi connectivity index (χ0v) is 71.2. The van der Waals surface area contributed by atoms with Gasteiger partial charge in [-0.1, -0.05) is 439 Å². The highest BCUT2D eigenvalue weighted by Crippen LogP contribution is 2.65. The van der Waals surface area contributed by atoms with Gasteiger partial charge in [0, 0.05) is 53.2 Å². The van der Waals surface area contributed by atoms with Gasteiger partial charge in [0.05, 0.1) is 23.5 Å². The third-order valence-corrected chi connectivity index (χ3v) is 26.9. The van der Waals surface area contributed by atoms with Gasteiger partial charge in [0.1, 0.15) is 33.7 Å². The molecular formula is C92H150Br2F2N4S2. The molecule has 578 valence electrons. The average Bonchev–Trinajstić information content (AvgIpc) is 1.50. The number of rotatable bonds is 68. The zero-order valence-electron chi connectivity index (χ0n) is 66.4. The summed E-state index contributed by atoms with van der Waals surface area (Å²) in [5.41, 5.74) is 7.55. The molecule has 0 spiro atoms. The lowest BCUT2D eigenvalue weighted by Crippen LogP contribution is -2.29. The molecule has 7 rings (SSSR count). The summed E-state index contributed by atoms with van der Waals surface area (Å²) in [5, 5.41) is 0. The van der Waals surface area contributed by atoms with E-state index in [1.54, 1.807) is 0 Å². The van der Waals surface area contributed by atoms with Crippen LogP contribution in [-0.4, -0.2) is 17.5 Å². The average molecular weight is 1570 g/mol. The molecule has 0 aliphatic heterocycles. The monoisotopic (exact) mass is 1570 g/mol. The van der Waals surface area contributed by atoms with Crippen LogP contribution in [0.1, 0.15) is 487 Å². The summed E-state index contributed by atoms with van der Waals surface area (Å²) in [6.45, 7) is 9.22. The Balaban J connectivity index is 1.13. The largest absolute Gasteiger partial charge is 0.206 e. The highest BCUT2D eigenvalue weighted by Gasteiger charge is 2.55. The molecule has 0 bridgehead atoms. The molecule has 0 saturated carbocycles. The van der Waals surface area contributed by atoms with Crippen molar-refractivity contribution in [3.8, 4) is 22.3 Å². The van der Waals surface area contributed by atoms with Gasteiger partial charge in [-0.3, -0.25) is 0 Å². The van der Waals surface area contributed by atoms with Crippen molar-refractivity contribution in [1.82, 2.24) is 17.5 Å². The fraction of sp³-hybridized carbons (Fsp3) is 0.804. The van der Waals surface area contributed by atoms with Crippen LogP contribution < -0.4 is 0 Å². The third kappa shape index (κ3) is 27.9. The van der Waals surface area contributed by atoms with Crippen LogP contribution in [0.25, 0.3) is 44.3 Å². The number of nitrogens with zero attached hydrogens (tertiary/aromatic N) is 4. The summed E-state index contributed by atoms with van der Waals surface area (Å²) in [7, 11) is 0. The number of halogens is 4. The van der Waals surface area contributed by atoms with Gasteiger partial charge in [-0.25, -0.2) is 8.78 Å². The van der Waals surface area contributed by atoms with Gasteiger partial charge in [-0.05, 0) is 80.8 Å². The summed E-state index contributed by atoms with van der Waals surface area (Å²) >= 11 is 10.5. The smallest absolute Gasteiger partial charge is 0.136 e. The maximum absolute atomic E-state index is 20.1. The highest BCUT2D eigenvalue weighted by molar-refractivity contribution is 9.11. The Kier molecular flexibility index (Phi) is 45.4. The first-order valence-corrected chi connectivity index (χ1v) is 47.8. The molecule has 0 atom stereocenters. The standard InChI is InChI=1S/C92H150Br2F2N4S2/c1-5-9-13-17-21-25-29-33-37-41-45-49-53-57-61-65-69-91(70-66-62-58-54-50-46-42-38-34-30-26-22-18-14-10-6-2)75-73-77(93)87-89(99-101-97-87)79(75)81-83(91)85(95)82-80-76(74-78(94)88-90(80)100-102-98-88)92(84(82)86(81)96,71-67-63-59-55-51-47-43-39-35-31-27-23-19-15-11-7-3)72-68-64-60-56-52-48-44-40-36-32-28-24-20-16-12-8-4/h73-74H,5-72H2,1-4H3. The van der Waals surface area contributed by atoms with Crippen molar-refractivity contribution < 1.29 is 8.78 Å². The first-order chi connectivity index (χ1) is 50.3. The number of unbranched alkanes of at least 4 members (excludes halogenated alkanes) is 60. The van der Waals surface area contributed by atoms with Crippen LogP contribution in [0.2, 0.25) is 0 Å². The van der Waals surface area contributed by atoms with Gasteiger partial charge >= 0.3 is 0 Å². The van der Waals surface area contributed by atoms with Gasteiger partial charge in [0.15, 0.2) is 0 Å². The van der Waals surface area contributed by atoms with Crippen molar-refractivity contribution in [2.75, 3.05) is 0 Å². The van der Waals surface area contributed by atoms with Crippen LogP contribution in [0.15, 0.2) is 21.1 Å². The maximum atomic E-state index is 20.1. The van der Waals surface area contributed by atoms with E-state index in [4.69, 9.17) is 17.5 Å². The minimum Gasteiger partial charge on any atom is -0.206 e. The lowest BCUT2D eigenvalue weighted by atomic mass is 9.68. The second-order valence-electron chi connectivity index (χ2n) is 33.0. The number of fused-ring (bicyclic) bond motifs is 10. The summed E-state index contributed by atoms with van der Waals surface area (Å²) in [4.78, 5) is 0. The molecule has 2 aromatic heterocycles. The Morgan fingerprint density at radius 2 is 0.412 bits per heavy atom. The van der Waals surface area contributed by atoms with Crippen molar-refractivity contribution in [1.29, 1.82) is 0 Å². The van der Waals surface area contributed by atoms with E-state index < -0.39 is 10.8 Å². The number of hydrogen-bond donors (Lipinski definition) is 0. The molecule has 4 nitrogen and oxygen atoms in total. The van der Waals surface area contributed by atoms with Gasteiger partial charge in [0.25, 0.3) is 0 Å². The van der Waals surface area contributed by atoms with Gasteiger partial charge in [-0.15, -0.1) is 0 Å². The van der Waals surface area contributed by atoms with Crippen molar-refractivity contribution in [3.63, 3.8) is 0 Å². The Morgan fingerprint density at radius 3 is 0.598 bits per heavy atom. The molecule has 2 aliphatic carbocycles. The SMILES string of the molecule is CCCCCCCCCCCCCCCCCCC1(CCCCCCCCCCCCCCCCCC)c2cc(Br)c3nsnc3c2-c2c(F)c3c(c(F)c21)-c1c(cc(Br)c2nsnc12)C3(CCCCCCCCCCCCCCCCCC)CCCCCCCCCCCCCCCCCC. The van der Waals surface area contributed by atoms with E-state index in [1.807, 2.05) is 0 Å². The second-order valence-corrected chi connectivity index (χ2v) is 35.8. The third-order valence-electron chi connectivity index (χ3n) is 24.7.